The smallest absolute Gasteiger partial charge is 0.218 e. The van der Waals surface area contributed by atoms with Gasteiger partial charge in [0.1, 0.15) is 6.10 Å². The molecule has 0 bridgehead atoms. The van der Waals surface area contributed by atoms with Crippen LogP contribution in [0.5, 0.6) is 0 Å². The van der Waals surface area contributed by atoms with Crippen molar-refractivity contribution in [2.75, 3.05) is 0 Å². The van der Waals surface area contributed by atoms with E-state index >= 15 is 0 Å². The molecule has 0 fully saturated rings. The van der Waals surface area contributed by atoms with E-state index in [1.807, 2.05) is 30.3 Å². The van der Waals surface area contributed by atoms with Gasteiger partial charge in [-0.05, 0) is 35.8 Å². The SMILES string of the molecule is CC(C)(C)[Si](C)(C)OC(/C=C/c1ccc(Cl)cc1)C(Cl)(Cl)Cl. The molecule has 1 rings (SSSR count). The third kappa shape index (κ3) is 6.07. The van der Waals surface area contributed by atoms with E-state index in [0.29, 0.717) is 5.02 Å². The molecule has 0 radical (unpaired) electrons. The molecule has 1 aromatic carbocycles. The van der Waals surface area contributed by atoms with Crippen LogP contribution >= 0.6 is 46.4 Å². The summed E-state index contributed by atoms with van der Waals surface area (Å²) < 4.78 is 4.73. The van der Waals surface area contributed by atoms with Gasteiger partial charge in [0, 0.05) is 5.02 Å². The van der Waals surface area contributed by atoms with E-state index in [1.54, 1.807) is 6.08 Å². The molecule has 0 aliphatic heterocycles. The Hall–Kier alpha value is 0.297. The second-order valence-electron chi connectivity index (χ2n) is 6.75. The van der Waals surface area contributed by atoms with Gasteiger partial charge >= 0.3 is 0 Å². The van der Waals surface area contributed by atoms with Gasteiger partial charge in [0.25, 0.3) is 0 Å². The number of alkyl halides is 3. The number of halogens is 4. The van der Waals surface area contributed by atoms with Crippen molar-refractivity contribution >= 4 is 60.8 Å². The van der Waals surface area contributed by atoms with Gasteiger partial charge in [-0.3, -0.25) is 0 Å². The molecule has 0 saturated carbocycles. The van der Waals surface area contributed by atoms with Crippen LogP contribution in [0.2, 0.25) is 23.2 Å². The monoisotopic (exact) mass is 398 g/mol. The average molecular weight is 400 g/mol. The minimum absolute atomic E-state index is 0.0370. The lowest BCUT2D eigenvalue weighted by atomic mass is 10.2. The van der Waals surface area contributed by atoms with Crippen LogP contribution in [0.25, 0.3) is 6.08 Å². The molecule has 0 spiro atoms. The first-order valence-corrected chi connectivity index (χ1v) is 11.4. The summed E-state index contributed by atoms with van der Waals surface area (Å²) in [6.45, 7) is 10.7. The molecule has 0 N–H and O–H groups in total. The molecule has 0 saturated heterocycles. The summed E-state index contributed by atoms with van der Waals surface area (Å²) in [5.74, 6) is 0. The Balaban J connectivity index is 2.98. The maximum atomic E-state index is 6.24. The third-order valence-corrected chi connectivity index (χ3v) is 9.24. The summed E-state index contributed by atoms with van der Waals surface area (Å²) in [6.07, 6.45) is 3.08. The quantitative estimate of drug-likeness (QED) is 0.387. The fourth-order valence-electron chi connectivity index (χ4n) is 1.48. The summed E-state index contributed by atoms with van der Waals surface area (Å²) in [5, 5.41) is 0.725. The summed E-state index contributed by atoms with van der Waals surface area (Å²) in [6, 6.07) is 7.45. The van der Waals surface area contributed by atoms with E-state index in [0.717, 1.165) is 5.56 Å². The van der Waals surface area contributed by atoms with E-state index in [9.17, 15) is 0 Å². The highest BCUT2D eigenvalue weighted by Gasteiger charge is 2.43. The first-order valence-electron chi connectivity index (χ1n) is 7.01. The van der Waals surface area contributed by atoms with Crippen molar-refractivity contribution in [1.82, 2.24) is 0 Å². The Labute approximate surface area is 154 Å². The van der Waals surface area contributed by atoms with E-state index in [2.05, 4.69) is 33.9 Å². The van der Waals surface area contributed by atoms with Gasteiger partial charge in [0.15, 0.2) is 8.32 Å². The van der Waals surface area contributed by atoms with Gasteiger partial charge in [-0.1, -0.05) is 91.5 Å². The van der Waals surface area contributed by atoms with Gasteiger partial charge in [-0.15, -0.1) is 0 Å². The Morgan fingerprint density at radius 1 is 1.05 bits per heavy atom. The number of hydrogen-bond acceptors (Lipinski definition) is 1. The first-order chi connectivity index (χ1) is 9.83. The Morgan fingerprint density at radius 2 is 1.55 bits per heavy atom. The van der Waals surface area contributed by atoms with Crippen LogP contribution in [0.4, 0.5) is 0 Å². The fraction of sp³-hybridized carbons (Fsp3) is 0.500. The number of benzene rings is 1. The molecular formula is C16H22Cl4OSi. The maximum absolute atomic E-state index is 6.24. The third-order valence-electron chi connectivity index (χ3n) is 3.88. The van der Waals surface area contributed by atoms with Crippen LogP contribution < -0.4 is 0 Å². The highest BCUT2D eigenvalue weighted by Crippen LogP contribution is 2.42. The Morgan fingerprint density at radius 3 is 1.95 bits per heavy atom. The zero-order chi connectivity index (χ0) is 17.2. The molecule has 0 aliphatic rings. The predicted octanol–water partition coefficient (Wildman–Crippen LogP) is 7.11. The van der Waals surface area contributed by atoms with Crippen LogP contribution in [0, 0.1) is 0 Å². The molecule has 0 aromatic heterocycles. The standard InChI is InChI=1S/C16H22Cl4OSi/c1-15(2,3)22(4,5)21-14(16(18,19)20)11-8-12-6-9-13(17)10-7-12/h6-11,14H,1-5H3/b11-8+. The minimum Gasteiger partial charge on any atom is -0.406 e. The molecule has 1 unspecified atom stereocenters. The van der Waals surface area contributed by atoms with Crippen LogP contribution in [-0.2, 0) is 4.43 Å². The minimum atomic E-state index is -2.05. The zero-order valence-electron chi connectivity index (χ0n) is 13.5. The molecule has 1 atom stereocenters. The van der Waals surface area contributed by atoms with Crippen molar-refractivity contribution in [2.45, 2.75) is 48.8 Å². The average Bonchev–Trinajstić information content (AvgIpc) is 2.33. The second-order valence-corrected chi connectivity index (χ2v) is 14.3. The van der Waals surface area contributed by atoms with Gasteiger partial charge in [0.05, 0.1) is 0 Å². The highest BCUT2D eigenvalue weighted by molar-refractivity contribution is 6.74. The summed E-state index contributed by atoms with van der Waals surface area (Å²) in [4.78, 5) is 0. The van der Waals surface area contributed by atoms with Crippen molar-refractivity contribution in [1.29, 1.82) is 0 Å². The molecule has 0 heterocycles. The molecule has 6 heteroatoms. The Kier molecular flexibility index (Phi) is 6.90. The fourth-order valence-corrected chi connectivity index (χ4v) is 3.43. The van der Waals surface area contributed by atoms with Gasteiger partial charge in [-0.25, -0.2) is 0 Å². The van der Waals surface area contributed by atoms with Gasteiger partial charge in [0.2, 0.25) is 3.79 Å². The van der Waals surface area contributed by atoms with Crippen molar-refractivity contribution in [3.8, 4) is 0 Å². The Bertz CT molecular complexity index is 512. The number of hydrogen-bond donors (Lipinski definition) is 0. The van der Waals surface area contributed by atoms with Crippen molar-refractivity contribution in [2.24, 2.45) is 0 Å². The van der Waals surface area contributed by atoms with Crippen molar-refractivity contribution in [3.63, 3.8) is 0 Å². The van der Waals surface area contributed by atoms with Crippen LogP contribution in [0.15, 0.2) is 30.3 Å². The lowest BCUT2D eigenvalue weighted by Crippen LogP contribution is -2.46. The summed E-state index contributed by atoms with van der Waals surface area (Å²) >= 11 is 24.2. The molecule has 0 aliphatic carbocycles. The van der Waals surface area contributed by atoms with E-state index < -0.39 is 18.2 Å². The molecular weight excluding hydrogens is 378 g/mol. The second kappa shape index (κ2) is 7.46. The molecule has 124 valence electrons. The van der Waals surface area contributed by atoms with Gasteiger partial charge < -0.3 is 4.43 Å². The lowest BCUT2D eigenvalue weighted by Gasteiger charge is -2.40. The van der Waals surface area contributed by atoms with Crippen LogP contribution in [-0.4, -0.2) is 18.2 Å². The molecule has 1 nitrogen and oxygen atoms in total. The summed E-state index contributed by atoms with van der Waals surface area (Å²) in [7, 11) is -2.05. The van der Waals surface area contributed by atoms with Crippen LogP contribution in [0.3, 0.4) is 0 Å². The normalized spacial score (nSPS) is 15.3. The largest absolute Gasteiger partial charge is 0.406 e. The van der Waals surface area contributed by atoms with Gasteiger partial charge in [-0.2, -0.15) is 0 Å². The zero-order valence-corrected chi connectivity index (χ0v) is 17.5. The lowest BCUT2D eigenvalue weighted by molar-refractivity contribution is 0.229. The predicted molar refractivity (Wildman–Crippen MR) is 103 cm³/mol. The van der Waals surface area contributed by atoms with Crippen molar-refractivity contribution < 1.29 is 4.43 Å². The number of rotatable bonds is 4. The van der Waals surface area contributed by atoms with E-state index in [-0.39, 0.29) is 5.04 Å². The van der Waals surface area contributed by atoms with Crippen LogP contribution in [0.1, 0.15) is 26.3 Å². The molecule has 1 aromatic rings. The van der Waals surface area contributed by atoms with Crippen molar-refractivity contribution in [3.05, 3.63) is 40.9 Å². The van der Waals surface area contributed by atoms with E-state index in [4.69, 9.17) is 50.8 Å². The topological polar surface area (TPSA) is 9.23 Å². The maximum Gasteiger partial charge on any atom is 0.218 e. The van der Waals surface area contributed by atoms with E-state index in [1.165, 1.54) is 0 Å². The molecule has 22 heavy (non-hydrogen) atoms. The summed E-state index contributed by atoms with van der Waals surface area (Å²) in [5.41, 5.74) is 0.975. The highest BCUT2D eigenvalue weighted by atomic mass is 35.6. The molecule has 0 amide bonds. The first kappa shape index (κ1) is 20.3.